The van der Waals surface area contributed by atoms with Crippen molar-refractivity contribution in [3.63, 3.8) is 0 Å². The van der Waals surface area contributed by atoms with Crippen molar-refractivity contribution in [2.75, 3.05) is 34.0 Å². The summed E-state index contributed by atoms with van der Waals surface area (Å²) in [5.74, 6) is 1.65. The maximum absolute atomic E-state index is 5.86. The zero-order chi connectivity index (χ0) is 16.8. The average Bonchev–Trinajstić information content (AvgIpc) is 2.58. The molecule has 1 N–H and O–H groups in total. The van der Waals surface area contributed by atoms with Crippen LogP contribution in [-0.4, -0.2) is 34.0 Å². The fourth-order valence-electron chi connectivity index (χ4n) is 2.40. The Morgan fingerprint density at radius 1 is 0.913 bits per heavy atom. The van der Waals surface area contributed by atoms with Gasteiger partial charge in [0.2, 0.25) is 0 Å². The molecular formula is C19H33NO3. The SMILES string of the molecule is CCCCCCCOc1ccc(CNCCCOC)cc1OC. The predicted molar refractivity (Wildman–Crippen MR) is 95.4 cm³/mol. The van der Waals surface area contributed by atoms with Crippen molar-refractivity contribution >= 4 is 0 Å². The van der Waals surface area contributed by atoms with E-state index in [1.807, 2.05) is 6.07 Å². The second-order valence-corrected chi connectivity index (χ2v) is 5.77. The van der Waals surface area contributed by atoms with Gasteiger partial charge in [-0.05, 0) is 37.1 Å². The number of rotatable bonds is 14. The van der Waals surface area contributed by atoms with Gasteiger partial charge in [-0.15, -0.1) is 0 Å². The minimum absolute atomic E-state index is 0.759. The Hall–Kier alpha value is -1.26. The van der Waals surface area contributed by atoms with Crippen molar-refractivity contribution in [2.45, 2.75) is 52.0 Å². The zero-order valence-electron chi connectivity index (χ0n) is 15.0. The van der Waals surface area contributed by atoms with E-state index in [-0.39, 0.29) is 0 Å². The van der Waals surface area contributed by atoms with Crippen molar-refractivity contribution in [2.24, 2.45) is 0 Å². The molecule has 1 aromatic carbocycles. The molecule has 0 fully saturated rings. The van der Waals surface area contributed by atoms with Crippen LogP contribution >= 0.6 is 0 Å². The molecule has 0 saturated heterocycles. The molecule has 0 heterocycles. The molecule has 1 aromatic rings. The van der Waals surface area contributed by atoms with Crippen LogP contribution in [0, 0.1) is 0 Å². The van der Waals surface area contributed by atoms with E-state index in [0.29, 0.717) is 0 Å². The van der Waals surface area contributed by atoms with Crippen LogP contribution in [0.4, 0.5) is 0 Å². The molecule has 23 heavy (non-hydrogen) atoms. The van der Waals surface area contributed by atoms with Crippen LogP contribution in [-0.2, 0) is 11.3 Å². The highest BCUT2D eigenvalue weighted by molar-refractivity contribution is 5.42. The Balaban J connectivity index is 2.34. The highest BCUT2D eigenvalue weighted by atomic mass is 16.5. The smallest absolute Gasteiger partial charge is 0.161 e. The Bertz CT molecular complexity index is 410. The lowest BCUT2D eigenvalue weighted by molar-refractivity contribution is 0.194. The number of benzene rings is 1. The third kappa shape index (κ3) is 8.82. The molecule has 0 aromatic heterocycles. The van der Waals surface area contributed by atoms with Gasteiger partial charge in [0.1, 0.15) is 0 Å². The normalized spacial score (nSPS) is 10.7. The Morgan fingerprint density at radius 2 is 1.74 bits per heavy atom. The third-order valence-electron chi connectivity index (χ3n) is 3.76. The summed E-state index contributed by atoms with van der Waals surface area (Å²) < 4.78 is 16.4. The van der Waals surface area contributed by atoms with Crippen LogP contribution in [0.25, 0.3) is 0 Å². The minimum Gasteiger partial charge on any atom is -0.493 e. The van der Waals surface area contributed by atoms with E-state index in [4.69, 9.17) is 14.2 Å². The van der Waals surface area contributed by atoms with Crippen LogP contribution in [0.3, 0.4) is 0 Å². The molecule has 0 amide bonds. The maximum atomic E-state index is 5.86. The van der Waals surface area contributed by atoms with Gasteiger partial charge in [0.05, 0.1) is 13.7 Å². The number of unbranched alkanes of at least 4 members (excludes halogenated alkanes) is 4. The Labute approximate surface area is 141 Å². The van der Waals surface area contributed by atoms with Crippen molar-refractivity contribution in [3.8, 4) is 11.5 Å². The van der Waals surface area contributed by atoms with Crippen molar-refractivity contribution in [1.82, 2.24) is 5.32 Å². The summed E-state index contributed by atoms with van der Waals surface area (Å²) in [6.45, 7) is 5.56. The van der Waals surface area contributed by atoms with Gasteiger partial charge in [-0.2, -0.15) is 0 Å². The van der Waals surface area contributed by atoms with E-state index in [0.717, 1.165) is 50.6 Å². The van der Waals surface area contributed by atoms with E-state index >= 15 is 0 Å². The monoisotopic (exact) mass is 323 g/mol. The van der Waals surface area contributed by atoms with Crippen molar-refractivity contribution in [1.29, 1.82) is 0 Å². The van der Waals surface area contributed by atoms with E-state index in [1.165, 1.54) is 31.2 Å². The van der Waals surface area contributed by atoms with Crippen LogP contribution in [0.2, 0.25) is 0 Å². The van der Waals surface area contributed by atoms with Gasteiger partial charge in [0.25, 0.3) is 0 Å². The maximum Gasteiger partial charge on any atom is 0.161 e. The van der Waals surface area contributed by atoms with Gasteiger partial charge in [-0.1, -0.05) is 38.7 Å². The summed E-state index contributed by atoms with van der Waals surface area (Å²) in [5, 5.41) is 3.40. The molecule has 132 valence electrons. The molecule has 0 bridgehead atoms. The van der Waals surface area contributed by atoms with Gasteiger partial charge in [0, 0.05) is 20.3 Å². The minimum atomic E-state index is 0.759. The van der Waals surface area contributed by atoms with E-state index in [2.05, 4.69) is 24.4 Å². The van der Waals surface area contributed by atoms with E-state index in [9.17, 15) is 0 Å². The zero-order valence-corrected chi connectivity index (χ0v) is 15.0. The van der Waals surface area contributed by atoms with E-state index in [1.54, 1.807) is 14.2 Å². The second-order valence-electron chi connectivity index (χ2n) is 5.77. The standard InChI is InChI=1S/C19H33NO3/c1-4-5-6-7-8-14-23-18-11-10-17(15-19(18)22-3)16-20-12-9-13-21-2/h10-11,15,20H,4-9,12-14,16H2,1-3H3. The number of methoxy groups -OCH3 is 2. The lowest BCUT2D eigenvalue weighted by Crippen LogP contribution is -2.16. The average molecular weight is 323 g/mol. The molecule has 0 spiro atoms. The third-order valence-corrected chi connectivity index (χ3v) is 3.76. The second kappa shape index (κ2) is 13.2. The quantitative estimate of drug-likeness (QED) is 0.522. The van der Waals surface area contributed by atoms with Crippen LogP contribution in [0.5, 0.6) is 11.5 Å². The molecule has 0 atom stereocenters. The van der Waals surface area contributed by atoms with Gasteiger partial charge >= 0.3 is 0 Å². The fraction of sp³-hybridized carbons (Fsp3) is 0.684. The Kier molecular flexibility index (Phi) is 11.4. The molecule has 0 radical (unpaired) electrons. The van der Waals surface area contributed by atoms with Gasteiger partial charge in [-0.25, -0.2) is 0 Å². The fourth-order valence-corrected chi connectivity index (χ4v) is 2.40. The molecule has 0 saturated carbocycles. The first-order chi connectivity index (χ1) is 11.3. The lowest BCUT2D eigenvalue weighted by Gasteiger charge is -2.12. The molecule has 0 unspecified atom stereocenters. The number of hydrogen-bond acceptors (Lipinski definition) is 4. The van der Waals surface area contributed by atoms with Gasteiger partial charge in [0.15, 0.2) is 11.5 Å². The summed E-state index contributed by atoms with van der Waals surface area (Å²) in [5.41, 5.74) is 1.20. The summed E-state index contributed by atoms with van der Waals surface area (Å²) in [6, 6.07) is 6.16. The predicted octanol–water partition coefficient (Wildman–Crippen LogP) is 4.17. The molecule has 1 rings (SSSR count). The highest BCUT2D eigenvalue weighted by Gasteiger charge is 2.05. The summed E-state index contributed by atoms with van der Waals surface area (Å²) in [4.78, 5) is 0. The molecule has 0 aliphatic rings. The molecule has 4 nitrogen and oxygen atoms in total. The summed E-state index contributed by atoms with van der Waals surface area (Å²) in [6.07, 6.45) is 7.24. The number of nitrogens with one attached hydrogen (secondary N) is 1. The molecule has 0 aliphatic heterocycles. The number of hydrogen-bond donors (Lipinski definition) is 1. The first-order valence-corrected chi connectivity index (χ1v) is 8.81. The van der Waals surface area contributed by atoms with Crippen molar-refractivity contribution in [3.05, 3.63) is 23.8 Å². The first kappa shape index (κ1) is 19.8. The highest BCUT2D eigenvalue weighted by Crippen LogP contribution is 2.28. The van der Waals surface area contributed by atoms with E-state index < -0.39 is 0 Å². The topological polar surface area (TPSA) is 39.7 Å². The van der Waals surface area contributed by atoms with Crippen LogP contribution in [0.15, 0.2) is 18.2 Å². The Morgan fingerprint density at radius 3 is 2.48 bits per heavy atom. The number of ether oxygens (including phenoxy) is 3. The van der Waals surface area contributed by atoms with Gasteiger partial charge < -0.3 is 19.5 Å². The van der Waals surface area contributed by atoms with Crippen molar-refractivity contribution < 1.29 is 14.2 Å². The van der Waals surface area contributed by atoms with Crippen LogP contribution in [0.1, 0.15) is 51.0 Å². The van der Waals surface area contributed by atoms with Crippen LogP contribution < -0.4 is 14.8 Å². The summed E-state index contributed by atoms with van der Waals surface area (Å²) in [7, 11) is 3.42. The molecular weight excluding hydrogens is 290 g/mol. The lowest BCUT2D eigenvalue weighted by atomic mass is 10.1. The largest absolute Gasteiger partial charge is 0.493 e. The molecule has 0 aliphatic carbocycles. The summed E-state index contributed by atoms with van der Waals surface area (Å²) >= 11 is 0. The first-order valence-electron chi connectivity index (χ1n) is 8.81. The molecule has 4 heteroatoms. The van der Waals surface area contributed by atoms with Gasteiger partial charge in [-0.3, -0.25) is 0 Å².